The molecule has 0 aliphatic rings. The van der Waals surface area contributed by atoms with Crippen LogP contribution in [0.25, 0.3) is 11.4 Å². The highest BCUT2D eigenvalue weighted by molar-refractivity contribution is 5.57. The van der Waals surface area contributed by atoms with Crippen molar-refractivity contribution in [2.45, 2.75) is 19.6 Å². The molecule has 0 aliphatic carbocycles. The highest BCUT2D eigenvalue weighted by Crippen LogP contribution is 2.27. The number of rotatable bonds is 8. The van der Waals surface area contributed by atoms with Crippen molar-refractivity contribution in [2.75, 3.05) is 18.5 Å². The van der Waals surface area contributed by atoms with Gasteiger partial charge in [0.15, 0.2) is 6.61 Å². The molecule has 6 nitrogen and oxygen atoms in total. The fourth-order valence-corrected chi connectivity index (χ4v) is 2.38. The van der Waals surface area contributed by atoms with Gasteiger partial charge < -0.3 is 19.3 Å². The fourth-order valence-electron chi connectivity index (χ4n) is 2.38. The maximum absolute atomic E-state index is 12.4. The van der Waals surface area contributed by atoms with E-state index in [9.17, 15) is 13.2 Å². The Morgan fingerprint density at radius 3 is 2.50 bits per heavy atom. The van der Waals surface area contributed by atoms with Crippen LogP contribution in [-0.4, -0.2) is 29.5 Å². The highest BCUT2D eigenvalue weighted by atomic mass is 19.4. The lowest BCUT2D eigenvalue weighted by molar-refractivity contribution is -0.153. The normalized spacial score (nSPS) is 11.3. The van der Waals surface area contributed by atoms with E-state index in [1.807, 2.05) is 19.1 Å². The first-order valence-electron chi connectivity index (χ1n) is 8.53. The molecule has 0 amide bonds. The Morgan fingerprint density at radius 1 is 1.04 bits per heavy atom. The van der Waals surface area contributed by atoms with Crippen LogP contribution in [-0.2, 0) is 6.54 Å². The second kappa shape index (κ2) is 8.64. The van der Waals surface area contributed by atoms with E-state index in [0.717, 1.165) is 11.3 Å². The number of para-hydroxylation sites is 2. The summed E-state index contributed by atoms with van der Waals surface area (Å²) in [4.78, 5) is 4.28. The van der Waals surface area contributed by atoms with Crippen LogP contribution in [0.3, 0.4) is 0 Å². The lowest BCUT2D eigenvalue weighted by Crippen LogP contribution is -2.19. The lowest BCUT2D eigenvalue weighted by atomic mass is 10.2. The van der Waals surface area contributed by atoms with Gasteiger partial charge in [0, 0.05) is 5.56 Å². The monoisotopic (exact) mass is 393 g/mol. The van der Waals surface area contributed by atoms with Gasteiger partial charge in [-0.3, -0.25) is 0 Å². The van der Waals surface area contributed by atoms with Crippen molar-refractivity contribution >= 4 is 5.69 Å². The number of hydrogen-bond acceptors (Lipinski definition) is 6. The van der Waals surface area contributed by atoms with Gasteiger partial charge in [-0.05, 0) is 43.3 Å². The first-order chi connectivity index (χ1) is 13.4. The van der Waals surface area contributed by atoms with Gasteiger partial charge in [0.1, 0.15) is 11.5 Å². The van der Waals surface area contributed by atoms with E-state index >= 15 is 0 Å². The number of nitrogens with one attached hydrogen (secondary N) is 1. The maximum atomic E-state index is 12.4. The summed E-state index contributed by atoms with van der Waals surface area (Å²) in [7, 11) is 0. The molecular weight excluding hydrogens is 375 g/mol. The minimum absolute atomic E-state index is 0.0890. The maximum Gasteiger partial charge on any atom is 0.422 e. The van der Waals surface area contributed by atoms with Crippen LogP contribution in [0.15, 0.2) is 53.1 Å². The first kappa shape index (κ1) is 19.5. The van der Waals surface area contributed by atoms with E-state index in [0.29, 0.717) is 18.1 Å². The molecule has 1 aromatic heterocycles. The smallest absolute Gasteiger partial charge is 0.422 e. The van der Waals surface area contributed by atoms with Crippen molar-refractivity contribution in [1.29, 1.82) is 0 Å². The predicted molar refractivity (Wildman–Crippen MR) is 96.2 cm³/mol. The van der Waals surface area contributed by atoms with Crippen LogP contribution < -0.4 is 14.8 Å². The van der Waals surface area contributed by atoms with E-state index in [4.69, 9.17) is 14.0 Å². The van der Waals surface area contributed by atoms with Gasteiger partial charge in [0.05, 0.1) is 18.8 Å². The molecule has 0 spiro atoms. The average Bonchev–Trinajstić information content (AvgIpc) is 3.15. The number of ether oxygens (including phenoxy) is 2. The minimum Gasteiger partial charge on any atom is -0.494 e. The number of hydrogen-bond donors (Lipinski definition) is 1. The van der Waals surface area contributed by atoms with Gasteiger partial charge in [0.25, 0.3) is 0 Å². The molecule has 0 aliphatic heterocycles. The Hall–Kier alpha value is -3.23. The predicted octanol–water partition coefficient (Wildman–Crippen LogP) is 4.69. The Balaban J connectivity index is 1.63. The Labute approximate surface area is 159 Å². The third kappa shape index (κ3) is 5.38. The van der Waals surface area contributed by atoms with Gasteiger partial charge in [0.2, 0.25) is 11.7 Å². The third-order valence-corrected chi connectivity index (χ3v) is 3.60. The summed E-state index contributed by atoms with van der Waals surface area (Å²) in [5, 5.41) is 6.87. The number of aromatic nitrogens is 2. The third-order valence-electron chi connectivity index (χ3n) is 3.60. The molecule has 0 atom stereocenters. The largest absolute Gasteiger partial charge is 0.494 e. The van der Waals surface area contributed by atoms with E-state index in [-0.39, 0.29) is 18.2 Å². The Bertz CT molecular complexity index is 895. The van der Waals surface area contributed by atoms with Crippen molar-refractivity contribution in [3.8, 4) is 22.9 Å². The van der Waals surface area contributed by atoms with Gasteiger partial charge in [-0.1, -0.05) is 17.3 Å². The van der Waals surface area contributed by atoms with Crippen LogP contribution in [0.5, 0.6) is 11.5 Å². The van der Waals surface area contributed by atoms with Crippen molar-refractivity contribution in [2.24, 2.45) is 0 Å². The number of halogens is 3. The van der Waals surface area contributed by atoms with Crippen molar-refractivity contribution < 1.29 is 27.2 Å². The van der Waals surface area contributed by atoms with Crippen molar-refractivity contribution in [3.05, 3.63) is 54.4 Å². The summed E-state index contributed by atoms with van der Waals surface area (Å²) in [6.45, 7) is 1.24. The van der Waals surface area contributed by atoms with Crippen molar-refractivity contribution in [1.82, 2.24) is 10.1 Å². The molecule has 148 valence electrons. The number of nitrogens with zero attached hydrogens (tertiary/aromatic N) is 2. The average molecular weight is 393 g/mol. The molecule has 0 bridgehead atoms. The van der Waals surface area contributed by atoms with E-state index in [1.54, 1.807) is 30.3 Å². The number of benzene rings is 2. The van der Waals surface area contributed by atoms with E-state index in [2.05, 4.69) is 15.5 Å². The topological polar surface area (TPSA) is 69.4 Å². The molecule has 0 radical (unpaired) electrons. The quantitative estimate of drug-likeness (QED) is 0.599. The second-order valence-corrected chi connectivity index (χ2v) is 5.72. The van der Waals surface area contributed by atoms with Crippen LogP contribution in [0.1, 0.15) is 12.8 Å². The lowest BCUT2D eigenvalue weighted by Gasteiger charge is -2.13. The molecule has 0 saturated heterocycles. The van der Waals surface area contributed by atoms with Crippen LogP contribution in [0, 0.1) is 0 Å². The van der Waals surface area contributed by atoms with Crippen LogP contribution in [0.4, 0.5) is 18.9 Å². The molecule has 1 heterocycles. The Morgan fingerprint density at radius 2 is 1.79 bits per heavy atom. The standard InChI is InChI=1S/C19H18F3N3O3/c1-2-26-14-9-7-13(8-10-14)18-24-17(28-25-18)11-23-15-5-3-4-6-16(15)27-12-19(20,21)22/h3-10,23H,2,11-12H2,1H3. The van der Waals surface area contributed by atoms with Crippen molar-refractivity contribution in [3.63, 3.8) is 0 Å². The van der Waals surface area contributed by atoms with Gasteiger partial charge >= 0.3 is 6.18 Å². The zero-order chi connectivity index (χ0) is 20.0. The molecule has 9 heteroatoms. The van der Waals surface area contributed by atoms with E-state index < -0.39 is 12.8 Å². The zero-order valence-electron chi connectivity index (χ0n) is 15.0. The van der Waals surface area contributed by atoms with Gasteiger partial charge in [-0.2, -0.15) is 18.2 Å². The Kier molecular flexibility index (Phi) is 6.03. The number of anilines is 1. The summed E-state index contributed by atoms with van der Waals surface area (Å²) < 4.78 is 52.5. The van der Waals surface area contributed by atoms with Crippen LogP contribution >= 0.6 is 0 Å². The minimum atomic E-state index is -4.41. The number of alkyl halides is 3. The summed E-state index contributed by atoms with van der Waals surface area (Å²) in [5.41, 5.74) is 1.15. The zero-order valence-corrected chi connectivity index (χ0v) is 15.0. The molecule has 1 N–H and O–H groups in total. The summed E-state index contributed by atoms with van der Waals surface area (Å²) in [5.74, 6) is 1.52. The fraction of sp³-hybridized carbons (Fsp3) is 0.263. The molecule has 3 aromatic rings. The molecule has 0 saturated carbocycles. The second-order valence-electron chi connectivity index (χ2n) is 5.72. The highest BCUT2D eigenvalue weighted by Gasteiger charge is 2.28. The SMILES string of the molecule is CCOc1ccc(-c2noc(CNc3ccccc3OCC(F)(F)F)n2)cc1. The molecule has 0 fully saturated rings. The molecule has 2 aromatic carbocycles. The molecule has 28 heavy (non-hydrogen) atoms. The van der Waals surface area contributed by atoms with Gasteiger partial charge in [-0.15, -0.1) is 0 Å². The summed E-state index contributed by atoms with van der Waals surface area (Å²) in [6.07, 6.45) is -4.41. The molecular formula is C19H18F3N3O3. The first-order valence-corrected chi connectivity index (χ1v) is 8.53. The molecule has 3 rings (SSSR count). The summed E-state index contributed by atoms with van der Waals surface area (Å²) >= 11 is 0. The van der Waals surface area contributed by atoms with Crippen LogP contribution in [0.2, 0.25) is 0 Å². The molecule has 0 unspecified atom stereocenters. The van der Waals surface area contributed by atoms with Gasteiger partial charge in [-0.25, -0.2) is 0 Å². The van der Waals surface area contributed by atoms with E-state index in [1.165, 1.54) is 6.07 Å². The summed E-state index contributed by atoms with van der Waals surface area (Å²) in [6, 6.07) is 13.6.